The van der Waals surface area contributed by atoms with Gasteiger partial charge in [0.25, 0.3) is 0 Å². The van der Waals surface area contributed by atoms with Gasteiger partial charge in [-0.1, -0.05) is 24.3 Å². The molecule has 1 fully saturated rings. The SMILES string of the molecule is O=C(O)CCC/C=C\C[C@H]1C(O)C[C@@H](O)C1/C=C/[C@@H](O)COc1ccsc1. The highest BCUT2D eigenvalue weighted by atomic mass is 32.1. The first-order chi connectivity index (χ1) is 13.0. The number of carbonyl (C=O) groups is 1. The number of ether oxygens (including phenoxy) is 1. The number of hydrogen-bond acceptors (Lipinski definition) is 6. The monoisotopic (exact) mass is 396 g/mol. The Morgan fingerprint density at radius 3 is 2.85 bits per heavy atom. The third kappa shape index (κ3) is 7.46. The highest BCUT2D eigenvalue weighted by molar-refractivity contribution is 7.08. The molecule has 0 aliphatic heterocycles. The van der Waals surface area contributed by atoms with Crippen LogP contribution in [-0.4, -0.2) is 51.3 Å². The van der Waals surface area contributed by atoms with Gasteiger partial charge in [-0.3, -0.25) is 4.79 Å². The number of thiophene rings is 1. The van der Waals surface area contributed by atoms with E-state index in [1.807, 2.05) is 29.0 Å². The van der Waals surface area contributed by atoms with Crippen LogP contribution in [0, 0.1) is 11.8 Å². The van der Waals surface area contributed by atoms with Gasteiger partial charge < -0.3 is 25.2 Å². The number of aliphatic hydroxyl groups excluding tert-OH is 3. The zero-order chi connectivity index (χ0) is 19.6. The first-order valence-electron chi connectivity index (χ1n) is 9.21. The number of aliphatic hydroxyl groups is 3. The zero-order valence-corrected chi connectivity index (χ0v) is 16.0. The molecule has 1 aliphatic carbocycles. The molecule has 1 saturated carbocycles. The molecule has 0 aromatic carbocycles. The molecule has 4 N–H and O–H groups in total. The number of rotatable bonds is 11. The van der Waals surface area contributed by atoms with E-state index in [2.05, 4.69) is 0 Å². The molecule has 0 amide bonds. The van der Waals surface area contributed by atoms with Crippen LogP contribution in [0.4, 0.5) is 0 Å². The van der Waals surface area contributed by atoms with Crippen LogP contribution in [-0.2, 0) is 4.79 Å². The molecule has 2 unspecified atom stereocenters. The molecule has 150 valence electrons. The summed E-state index contributed by atoms with van der Waals surface area (Å²) in [7, 11) is 0. The maximum absolute atomic E-state index is 10.5. The molecule has 1 aromatic heterocycles. The van der Waals surface area contributed by atoms with Gasteiger partial charge in [0, 0.05) is 24.1 Å². The van der Waals surface area contributed by atoms with Crippen molar-refractivity contribution in [3.63, 3.8) is 0 Å². The number of carboxylic acid groups (broad SMARTS) is 1. The van der Waals surface area contributed by atoms with Gasteiger partial charge in [0.05, 0.1) is 12.2 Å². The molecule has 1 aliphatic rings. The fourth-order valence-electron chi connectivity index (χ4n) is 3.28. The van der Waals surface area contributed by atoms with E-state index in [1.165, 1.54) is 11.3 Å². The molecule has 0 bridgehead atoms. The smallest absolute Gasteiger partial charge is 0.303 e. The van der Waals surface area contributed by atoms with Crippen LogP contribution >= 0.6 is 11.3 Å². The molecule has 2 rings (SSSR count). The Hall–Kier alpha value is -1.67. The summed E-state index contributed by atoms with van der Waals surface area (Å²) in [5, 5.41) is 42.8. The molecule has 1 heterocycles. The second kappa shape index (κ2) is 11.2. The summed E-state index contributed by atoms with van der Waals surface area (Å²) in [6, 6.07) is 1.83. The van der Waals surface area contributed by atoms with Gasteiger partial charge in [-0.05, 0) is 36.6 Å². The lowest BCUT2D eigenvalue weighted by Gasteiger charge is -2.19. The van der Waals surface area contributed by atoms with Crippen molar-refractivity contribution in [2.75, 3.05) is 6.61 Å². The normalized spacial score (nSPS) is 26.8. The fraction of sp³-hybridized carbons (Fsp3) is 0.550. The first-order valence-corrected chi connectivity index (χ1v) is 10.2. The van der Waals surface area contributed by atoms with Crippen molar-refractivity contribution in [2.24, 2.45) is 11.8 Å². The molecule has 0 spiro atoms. The average Bonchev–Trinajstić information content (AvgIpc) is 3.22. The molecule has 0 radical (unpaired) electrons. The highest BCUT2D eigenvalue weighted by Crippen LogP contribution is 2.36. The minimum atomic E-state index is -0.801. The Labute approximate surface area is 163 Å². The van der Waals surface area contributed by atoms with Crippen molar-refractivity contribution < 1.29 is 30.0 Å². The maximum Gasteiger partial charge on any atom is 0.303 e. The lowest BCUT2D eigenvalue weighted by atomic mass is 9.89. The van der Waals surface area contributed by atoms with Crippen LogP contribution in [0.1, 0.15) is 32.1 Å². The van der Waals surface area contributed by atoms with Crippen molar-refractivity contribution in [1.29, 1.82) is 0 Å². The Bertz CT molecular complexity index is 612. The Kier molecular flexibility index (Phi) is 9.00. The molecular weight excluding hydrogens is 368 g/mol. The van der Waals surface area contributed by atoms with Gasteiger partial charge >= 0.3 is 5.97 Å². The Morgan fingerprint density at radius 2 is 2.15 bits per heavy atom. The number of hydrogen-bond donors (Lipinski definition) is 4. The first kappa shape index (κ1) is 21.6. The van der Waals surface area contributed by atoms with Crippen molar-refractivity contribution >= 4 is 17.3 Å². The van der Waals surface area contributed by atoms with Crippen LogP contribution in [0.5, 0.6) is 5.75 Å². The summed E-state index contributed by atoms with van der Waals surface area (Å²) in [6.45, 7) is 0.132. The van der Waals surface area contributed by atoms with E-state index in [-0.39, 0.29) is 24.9 Å². The second-order valence-corrected chi connectivity index (χ2v) is 7.61. The van der Waals surface area contributed by atoms with Gasteiger partial charge in [0.15, 0.2) is 0 Å². The molecule has 5 atom stereocenters. The fourth-order valence-corrected chi connectivity index (χ4v) is 3.85. The summed E-state index contributed by atoms with van der Waals surface area (Å²) < 4.78 is 5.46. The third-order valence-electron chi connectivity index (χ3n) is 4.72. The third-order valence-corrected chi connectivity index (χ3v) is 5.39. The Morgan fingerprint density at radius 1 is 1.33 bits per heavy atom. The van der Waals surface area contributed by atoms with Crippen LogP contribution < -0.4 is 4.74 Å². The van der Waals surface area contributed by atoms with Gasteiger partial charge in [-0.15, -0.1) is 11.3 Å². The van der Waals surface area contributed by atoms with E-state index in [0.717, 1.165) is 5.75 Å². The van der Waals surface area contributed by atoms with Gasteiger partial charge in [0.2, 0.25) is 0 Å². The Balaban J connectivity index is 1.81. The standard InChI is InChI=1S/C20H28O6S/c21-14(12-26-15-9-10-27-13-15)7-8-17-16(18(22)11-19(17)23)5-3-1-2-4-6-20(24)25/h1,3,7-10,13-14,16-19,21-23H,2,4-6,11-12H2,(H,24,25)/b3-1-,8-7+/t14-,16-,17?,18?,19-/m1/s1. The van der Waals surface area contributed by atoms with Crippen LogP contribution in [0.15, 0.2) is 41.1 Å². The minimum Gasteiger partial charge on any atom is -0.490 e. The largest absolute Gasteiger partial charge is 0.490 e. The molecule has 27 heavy (non-hydrogen) atoms. The second-order valence-electron chi connectivity index (χ2n) is 6.83. The lowest BCUT2D eigenvalue weighted by molar-refractivity contribution is -0.137. The van der Waals surface area contributed by atoms with Gasteiger partial charge in [-0.2, -0.15) is 0 Å². The number of allylic oxidation sites excluding steroid dienone is 2. The molecular formula is C20H28O6S. The van der Waals surface area contributed by atoms with E-state index < -0.39 is 24.3 Å². The van der Waals surface area contributed by atoms with E-state index in [9.17, 15) is 20.1 Å². The average molecular weight is 397 g/mol. The highest BCUT2D eigenvalue weighted by Gasteiger charge is 2.39. The van der Waals surface area contributed by atoms with E-state index >= 15 is 0 Å². The van der Waals surface area contributed by atoms with Crippen LogP contribution in [0.25, 0.3) is 0 Å². The molecule has 7 heteroatoms. The molecule has 1 aromatic rings. The predicted octanol–water partition coefficient (Wildman–Crippen LogP) is 2.60. The van der Waals surface area contributed by atoms with Gasteiger partial charge in [-0.25, -0.2) is 0 Å². The minimum absolute atomic E-state index is 0.128. The van der Waals surface area contributed by atoms with Crippen LogP contribution in [0.2, 0.25) is 0 Å². The van der Waals surface area contributed by atoms with E-state index in [4.69, 9.17) is 9.84 Å². The number of aliphatic carboxylic acids is 1. The predicted molar refractivity (Wildman–Crippen MR) is 104 cm³/mol. The van der Waals surface area contributed by atoms with Crippen LogP contribution in [0.3, 0.4) is 0 Å². The summed E-state index contributed by atoms with van der Waals surface area (Å²) >= 11 is 1.52. The summed E-state index contributed by atoms with van der Waals surface area (Å²) in [5.74, 6) is -0.449. The van der Waals surface area contributed by atoms with E-state index in [1.54, 1.807) is 12.2 Å². The summed E-state index contributed by atoms with van der Waals surface area (Å²) in [6.07, 6.45) is 7.52. The van der Waals surface area contributed by atoms with Gasteiger partial charge in [0.1, 0.15) is 18.5 Å². The summed E-state index contributed by atoms with van der Waals surface area (Å²) in [4.78, 5) is 10.5. The quantitative estimate of drug-likeness (QED) is 0.338. The number of unbranched alkanes of at least 4 members (excludes halogenated alkanes) is 1. The molecule has 0 saturated heterocycles. The summed E-state index contributed by atoms with van der Waals surface area (Å²) in [5.41, 5.74) is 0. The van der Waals surface area contributed by atoms with Crippen molar-refractivity contribution in [1.82, 2.24) is 0 Å². The molecule has 6 nitrogen and oxygen atoms in total. The topological polar surface area (TPSA) is 107 Å². The zero-order valence-electron chi connectivity index (χ0n) is 15.2. The van der Waals surface area contributed by atoms with Crippen molar-refractivity contribution in [2.45, 2.75) is 50.4 Å². The lowest BCUT2D eigenvalue weighted by Crippen LogP contribution is -2.21. The van der Waals surface area contributed by atoms with E-state index in [0.29, 0.717) is 25.7 Å². The van der Waals surface area contributed by atoms with Crippen molar-refractivity contribution in [3.8, 4) is 5.75 Å². The maximum atomic E-state index is 10.5. The number of carboxylic acids is 1. The van der Waals surface area contributed by atoms with Crippen molar-refractivity contribution in [3.05, 3.63) is 41.1 Å².